The van der Waals surface area contributed by atoms with Crippen molar-refractivity contribution in [3.63, 3.8) is 0 Å². The predicted molar refractivity (Wildman–Crippen MR) is 75.4 cm³/mol. The molecular formula is C15H21FN2O2. The minimum atomic E-state index is -0.258. The SMILES string of the molecule is CCNC(=O)C1CC(c2ccc(OC)cc2F)CCN1. The van der Waals surface area contributed by atoms with Crippen molar-refractivity contribution in [3.05, 3.63) is 29.6 Å². The number of rotatable bonds is 4. The Labute approximate surface area is 118 Å². The van der Waals surface area contributed by atoms with E-state index in [-0.39, 0.29) is 23.7 Å². The van der Waals surface area contributed by atoms with Crippen LogP contribution in [0.1, 0.15) is 31.2 Å². The van der Waals surface area contributed by atoms with Gasteiger partial charge in [0.25, 0.3) is 0 Å². The van der Waals surface area contributed by atoms with Crippen LogP contribution in [0.3, 0.4) is 0 Å². The molecule has 110 valence electrons. The third-order valence-electron chi connectivity index (χ3n) is 3.72. The van der Waals surface area contributed by atoms with E-state index < -0.39 is 0 Å². The first-order chi connectivity index (χ1) is 9.65. The summed E-state index contributed by atoms with van der Waals surface area (Å²) in [6.45, 7) is 3.22. The molecule has 20 heavy (non-hydrogen) atoms. The summed E-state index contributed by atoms with van der Waals surface area (Å²) in [4.78, 5) is 11.9. The van der Waals surface area contributed by atoms with E-state index in [0.29, 0.717) is 24.3 Å². The molecule has 1 fully saturated rings. The highest BCUT2D eigenvalue weighted by atomic mass is 19.1. The van der Waals surface area contributed by atoms with E-state index in [1.165, 1.54) is 13.2 Å². The molecule has 0 radical (unpaired) electrons. The van der Waals surface area contributed by atoms with Gasteiger partial charge in [-0.25, -0.2) is 4.39 Å². The molecule has 1 aromatic rings. The van der Waals surface area contributed by atoms with Crippen molar-refractivity contribution in [1.29, 1.82) is 0 Å². The first-order valence-corrected chi connectivity index (χ1v) is 7.00. The zero-order valence-electron chi connectivity index (χ0n) is 11.9. The second kappa shape index (κ2) is 6.70. The van der Waals surface area contributed by atoms with Gasteiger partial charge in [-0.1, -0.05) is 6.07 Å². The highest BCUT2D eigenvalue weighted by Crippen LogP contribution is 2.31. The number of ether oxygens (including phenoxy) is 1. The Bertz CT molecular complexity index is 479. The zero-order valence-corrected chi connectivity index (χ0v) is 11.9. The molecule has 1 saturated heterocycles. The summed E-state index contributed by atoms with van der Waals surface area (Å²) >= 11 is 0. The molecule has 1 aliphatic rings. The minimum Gasteiger partial charge on any atom is -0.497 e. The fourth-order valence-corrected chi connectivity index (χ4v) is 2.66. The van der Waals surface area contributed by atoms with Crippen molar-refractivity contribution in [3.8, 4) is 5.75 Å². The zero-order chi connectivity index (χ0) is 14.5. The van der Waals surface area contributed by atoms with Gasteiger partial charge in [-0.2, -0.15) is 0 Å². The quantitative estimate of drug-likeness (QED) is 0.884. The normalized spacial score (nSPS) is 22.4. The Morgan fingerprint density at radius 1 is 1.55 bits per heavy atom. The van der Waals surface area contributed by atoms with Crippen LogP contribution in [0.15, 0.2) is 18.2 Å². The van der Waals surface area contributed by atoms with Crippen LogP contribution in [0.2, 0.25) is 0 Å². The van der Waals surface area contributed by atoms with E-state index in [1.54, 1.807) is 12.1 Å². The van der Waals surface area contributed by atoms with E-state index in [4.69, 9.17) is 4.74 Å². The van der Waals surface area contributed by atoms with E-state index in [9.17, 15) is 9.18 Å². The van der Waals surface area contributed by atoms with E-state index in [2.05, 4.69) is 10.6 Å². The minimum absolute atomic E-state index is 0.00822. The van der Waals surface area contributed by atoms with Crippen molar-refractivity contribution in [2.75, 3.05) is 20.2 Å². The van der Waals surface area contributed by atoms with Gasteiger partial charge in [0.1, 0.15) is 11.6 Å². The van der Waals surface area contributed by atoms with Crippen LogP contribution in [0.25, 0.3) is 0 Å². The van der Waals surface area contributed by atoms with E-state index >= 15 is 0 Å². The Morgan fingerprint density at radius 3 is 3.00 bits per heavy atom. The van der Waals surface area contributed by atoms with Crippen molar-refractivity contribution in [2.45, 2.75) is 31.7 Å². The molecule has 1 amide bonds. The van der Waals surface area contributed by atoms with Crippen LogP contribution in [0.4, 0.5) is 4.39 Å². The maximum atomic E-state index is 14.1. The smallest absolute Gasteiger partial charge is 0.237 e. The summed E-state index contributed by atoms with van der Waals surface area (Å²) in [6.07, 6.45) is 1.45. The number of hydrogen-bond acceptors (Lipinski definition) is 3. The summed E-state index contributed by atoms with van der Waals surface area (Å²) < 4.78 is 19.1. The van der Waals surface area contributed by atoms with E-state index in [1.807, 2.05) is 6.92 Å². The fraction of sp³-hybridized carbons (Fsp3) is 0.533. The molecule has 4 nitrogen and oxygen atoms in total. The first kappa shape index (κ1) is 14.8. The standard InChI is InChI=1S/C15H21FN2O2/c1-3-17-15(19)14-8-10(6-7-18-14)12-5-4-11(20-2)9-13(12)16/h4-5,9-10,14,18H,3,6-8H2,1-2H3,(H,17,19). The Morgan fingerprint density at radius 2 is 2.35 bits per heavy atom. The molecule has 5 heteroatoms. The van der Waals surface area contributed by atoms with Crippen LogP contribution in [0, 0.1) is 5.82 Å². The third-order valence-corrected chi connectivity index (χ3v) is 3.72. The summed E-state index contributed by atoms with van der Waals surface area (Å²) in [6, 6.07) is 4.69. The number of piperidine rings is 1. The molecule has 0 spiro atoms. The van der Waals surface area contributed by atoms with Crippen molar-refractivity contribution in [1.82, 2.24) is 10.6 Å². The third kappa shape index (κ3) is 3.28. The molecule has 2 rings (SSSR count). The number of likely N-dealkylation sites (N-methyl/N-ethyl adjacent to an activating group) is 1. The average molecular weight is 280 g/mol. The molecular weight excluding hydrogens is 259 g/mol. The van der Waals surface area contributed by atoms with Gasteiger partial charge in [-0.05, 0) is 43.9 Å². The summed E-state index contributed by atoms with van der Waals surface area (Å²) in [5, 5.41) is 5.99. The number of hydrogen-bond donors (Lipinski definition) is 2. The largest absolute Gasteiger partial charge is 0.497 e. The van der Waals surface area contributed by atoms with Crippen molar-refractivity contribution < 1.29 is 13.9 Å². The highest BCUT2D eigenvalue weighted by Gasteiger charge is 2.28. The molecule has 2 N–H and O–H groups in total. The monoisotopic (exact) mass is 280 g/mol. The Kier molecular flexibility index (Phi) is 4.95. The predicted octanol–water partition coefficient (Wildman–Crippen LogP) is 1.81. The molecule has 0 saturated carbocycles. The molecule has 0 aromatic heterocycles. The number of halogens is 1. The molecule has 1 heterocycles. The first-order valence-electron chi connectivity index (χ1n) is 7.00. The fourth-order valence-electron chi connectivity index (χ4n) is 2.66. The van der Waals surface area contributed by atoms with Gasteiger partial charge in [0.15, 0.2) is 0 Å². The lowest BCUT2D eigenvalue weighted by molar-refractivity contribution is -0.123. The Hall–Kier alpha value is -1.62. The molecule has 1 aliphatic heterocycles. The summed E-state index contributed by atoms with van der Waals surface area (Å²) in [5.41, 5.74) is 0.668. The topological polar surface area (TPSA) is 50.4 Å². The second-order valence-electron chi connectivity index (χ2n) is 5.01. The number of carbonyl (C=O) groups excluding carboxylic acids is 1. The lowest BCUT2D eigenvalue weighted by atomic mass is 9.86. The Balaban J connectivity index is 2.10. The molecule has 2 atom stereocenters. The van der Waals surface area contributed by atoms with Crippen LogP contribution in [-0.4, -0.2) is 32.1 Å². The van der Waals surface area contributed by atoms with Gasteiger partial charge in [0.05, 0.1) is 13.2 Å². The van der Waals surface area contributed by atoms with Crippen molar-refractivity contribution >= 4 is 5.91 Å². The van der Waals surface area contributed by atoms with Crippen LogP contribution in [0.5, 0.6) is 5.75 Å². The number of benzene rings is 1. The van der Waals surface area contributed by atoms with Crippen molar-refractivity contribution in [2.24, 2.45) is 0 Å². The van der Waals surface area contributed by atoms with Crippen LogP contribution >= 0.6 is 0 Å². The molecule has 0 aliphatic carbocycles. The molecule has 2 unspecified atom stereocenters. The second-order valence-corrected chi connectivity index (χ2v) is 5.01. The molecule has 0 bridgehead atoms. The number of nitrogens with one attached hydrogen (secondary N) is 2. The molecule has 1 aromatic carbocycles. The highest BCUT2D eigenvalue weighted by molar-refractivity contribution is 5.81. The summed E-state index contributed by atoms with van der Waals surface area (Å²) in [5.74, 6) is 0.312. The van der Waals surface area contributed by atoms with Crippen LogP contribution < -0.4 is 15.4 Å². The lowest BCUT2D eigenvalue weighted by Gasteiger charge is -2.30. The summed E-state index contributed by atoms with van der Waals surface area (Å²) in [7, 11) is 1.52. The van der Waals surface area contributed by atoms with Crippen LogP contribution in [-0.2, 0) is 4.79 Å². The number of carbonyl (C=O) groups is 1. The maximum Gasteiger partial charge on any atom is 0.237 e. The van der Waals surface area contributed by atoms with E-state index in [0.717, 1.165) is 13.0 Å². The van der Waals surface area contributed by atoms with Gasteiger partial charge in [-0.15, -0.1) is 0 Å². The van der Waals surface area contributed by atoms with Gasteiger partial charge in [0, 0.05) is 12.6 Å². The van der Waals surface area contributed by atoms with Gasteiger partial charge in [0.2, 0.25) is 5.91 Å². The maximum absolute atomic E-state index is 14.1. The number of amides is 1. The van der Waals surface area contributed by atoms with Gasteiger partial charge in [-0.3, -0.25) is 4.79 Å². The lowest BCUT2D eigenvalue weighted by Crippen LogP contribution is -2.48. The average Bonchev–Trinajstić information content (AvgIpc) is 2.47. The number of methoxy groups -OCH3 is 1. The van der Waals surface area contributed by atoms with Gasteiger partial charge < -0.3 is 15.4 Å². The van der Waals surface area contributed by atoms with Gasteiger partial charge >= 0.3 is 0 Å².